The van der Waals surface area contributed by atoms with Gasteiger partial charge in [-0.2, -0.15) is 0 Å². The van der Waals surface area contributed by atoms with E-state index in [1.54, 1.807) is 48.8 Å². The molecule has 0 atom stereocenters. The standard InChI is InChI=1S/C24H17N3O4/c28-22(16-7-10-19-17(11-16)12-23(29)26-19)13-31-24(30)15-5-8-18(9-6-15)27-14-25-20-3-1-2-4-21(20)27/h1-11,14H,12-13H2,(H,26,29). The zero-order valence-corrected chi connectivity index (χ0v) is 16.4. The van der Waals surface area contributed by atoms with Gasteiger partial charge >= 0.3 is 5.97 Å². The van der Waals surface area contributed by atoms with Crippen molar-refractivity contribution < 1.29 is 19.1 Å². The zero-order chi connectivity index (χ0) is 21.4. The van der Waals surface area contributed by atoms with Gasteiger partial charge in [0.25, 0.3) is 0 Å². The number of carbonyl (C=O) groups is 3. The van der Waals surface area contributed by atoms with Gasteiger partial charge in [0.2, 0.25) is 5.91 Å². The van der Waals surface area contributed by atoms with Gasteiger partial charge in [0.1, 0.15) is 6.33 Å². The summed E-state index contributed by atoms with van der Waals surface area (Å²) in [5, 5.41) is 2.72. The molecule has 0 saturated heterocycles. The van der Waals surface area contributed by atoms with Crippen LogP contribution < -0.4 is 5.32 Å². The molecule has 7 heteroatoms. The molecule has 0 unspecified atom stereocenters. The van der Waals surface area contributed by atoms with Gasteiger partial charge in [0.05, 0.1) is 23.0 Å². The zero-order valence-electron chi connectivity index (χ0n) is 16.4. The Kier molecular flexibility index (Phi) is 4.55. The molecule has 0 saturated carbocycles. The molecule has 1 aliphatic heterocycles. The average Bonchev–Trinajstić information content (AvgIpc) is 3.39. The molecule has 152 valence electrons. The Balaban J connectivity index is 1.25. The minimum atomic E-state index is -0.576. The highest BCUT2D eigenvalue weighted by atomic mass is 16.5. The molecular weight excluding hydrogens is 394 g/mol. The lowest BCUT2D eigenvalue weighted by molar-refractivity contribution is -0.115. The van der Waals surface area contributed by atoms with Gasteiger partial charge in [-0.05, 0) is 60.2 Å². The van der Waals surface area contributed by atoms with Crippen molar-refractivity contribution in [1.82, 2.24) is 9.55 Å². The van der Waals surface area contributed by atoms with Crippen molar-refractivity contribution in [3.05, 3.63) is 89.7 Å². The second-order valence-corrected chi connectivity index (χ2v) is 7.25. The second-order valence-electron chi connectivity index (χ2n) is 7.25. The van der Waals surface area contributed by atoms with E-state index >= 15 is 0 Å². The van der Waals surface area contributed by atoms with E-state index in [-0.39, 0.29) is 24.7 Å². The van der Waals surface area contributed by atoms with E-state index < -0.39 is 5.97 Å². The lowest BCUT2D eigenvalue weighted by atomic mass is 10.1. The minimum absolute atomic E-state index is 0.0989. The Morgan fingerprint density at radius 3 is 2.61 bits per heavy atom. The summed E-state index contributed by atoms with van der Waals surface area (Å²) in [6, 6.07) is 19.7. The van der Waals surface area contributed by atoms with Gasteiger partial charge in [-0.25, -0.2) is 9.78 Å². The molecule has 0 bridgehead atoms. The van der Waals surface area contributed by atoms with Gasteiger partial charge in [-0.1, -0.05) is 12.1 Å². The number of aromatic nitrogens is 2. The molecule has 5 rings (SSSR count). The molecule has 4 aromatic rings. The van der Waals surface area contributed by atoms with Crippen LogP contribution in [0.25, 0.3) is 16.7 Å². The Labute approximate surface area is 177 Å². The number of para-hydroxylation sites is 2. The SMILES string of the molecule is O=C1Cc2cc(C(=O)COC(=O)c3ccc(-n4cnc5ccccc54)cc3)ccc2N1. The molecule has 1 aliphatic rings. The quantitative estimate of drug-likeness (QED) is 0.401. The smallest absolute Gasteiger partial charge is 0.338 e. The number of ether oxygens (including phenoxy) is 1. The number of esters is 1. The summed E-state index contributed by atoms with van der Waals surface area (Å²) >= 11 is 0. The van der Waals surface area contributed by atoms with Crippen molar-refractivity contribution in [1.29, 1.82) is 0 Å². The van der Waals surface area contributed by atoms with E-state index in [4.69, 9.17) is 4.74 Å². The fourth-order valence-corrected chi connectivity index (χ4v) is 3.62. The molecule has 1 N–H and O–H groups in total. The number of hydrogen-bond donors (Lipinski definition) is 1. The number of amides is 1. The van der Waals surface area contributed by atoms with Crippen molar-refractivity contribution in [2.75, 3.05) is 11.9 Å². The second kappa shape index (κ2) is 7.53. The number of Topliss-reactive ketones (excluding diaryl/α,β-unsaturated/α-hetero) is 1. The summed E-state index contributed by atoms with van der Waals surface area (Å²) in [7, 11) is 0. The van der Waals surface area contributed by atoms with Gasteiger partial charge < -0.3 is 10.1 Å². The lowest BCUT2D eigenvalue weighted by Gasteiger charge is -2.08. The Morgan fingerprint density at radius 2 is 1.77 bits per heavy atom. The molecule has 0 aliphatic carbocycles. The molecule has 0 radical (unpaired) electrons. The molecule has 2 heterocycles. The number of benzene rings is 3. The van der Waals surface area contributed by atoms with E-state index in [0.29, 0.717) is 16.8 Å². The Morgan fingerprint density at radius 1 is 1.00 bits per heavy atom. The van der Waals surface area contributed by atoms with Crippen molar-refractivity contribution in [3.63, 3.8) is 0 Å². The third-order valence-electron chi connectivity index (χ3n) is 5.22. The van der Waals surface area contributed by atoms with Crippen LogP contribution in [0.15, 0.2) is 73.1 Å². The number of rotatable bonds is 5. The summed E-state index contributed by atoms with van der Waals surface area (Å²) in [5.74, 6) is -0.997. The maximum absolute atomic E-state index is 12.4. The minimum Gasteiger partial charge on any atom is -0.454 e. The third-order valence-corrected chi connectivity index (χ3v) is 5.22. The maximum atomic E-state index is 12.4. The molecular formula is C24H17N3O4. The van der Waals surface area contributed by atoms with E-state index in [0.717, 1.165) is 22.3 Å². The molecule has 0 spiro atoms. The van der Waals surface area contributed by atoms with Crippen LogP contribution in [-0.4, -0.2) is 33.8 Å². The number of nitrogens with zero attached hydrogens (tertiary/aromatic N) is 2. The highest BCUT2D eigenvalue weighted by Crippen LogP contribution is 2.24. The number of hydrogen-bond acceptors (Lipinski definition) is 5. The van der Waals surface area contributed by atoms with Crippen LogP contribution in [-0.2, 0) is 16.0 Å². The molecule has 1 amide bonds. The molecule has 7 nitrogen and oxygen atoms in total. The van der Waals surface area contributed by atoms with Gasteiger partial charge in [0, 0.05) is 16.9 Å². The van der Waals surface area contributed by atoms with Crippen LogP contribution in [0.4, 0.5) is 5.69 Å². The van der Waals surface area contributed by atoms with Crippen LogP contribution >= 0.6 is 0 Å². The van der Waals surface area contributed by atoms with E-state index in [1.807, 2.05) is 28.8 Å². The summed E-state index contributed by atoms with van der Waals surface area (Å²) in [6.07, 6.45) is 1.98. The van der Waals surface area contributed by atoms with Crippen LogP contribution in [0.2, 0.25) is 0 Å². The topological polar surface area (TPSA) is 90.3 Å². The maximum Gasteiger partial charge on any atom is 0.338 e. The van der Waals surface area contributed by atoms with E-state index in [2.05, 4.69) is 10.3 Å². The summed E-state index contributed by atoms with van der Waals surface area (Å²) in [5.41, 5.74) is 4.96. The first-order chi connectivity index (χ1) is 15.1. The Hall–Kier alpha value is -4.26. The molecule has 3 aromatic carbocycles. The third kappa shape index (κ3) is 3.57. The fraction of sp³-hybridized carbons (Fsp3) is 0.0833. The van der Waals surface area contributed by atoms with Crippen LogP contribution in [0.5, 0.6) is 0 Å². The number of nitrogens with one attached hydrogen (secondary N) is 1. The van der Waals surface area contributed by atoms with Gasteiger partial charge in [0.15, 0.2) is 12.4 Å². The number of fused-ring (bicyclic) bond motifs is 2. The summed E-state index contributed by atoms with van der Waals surface area (Å²) < 4.78 is 7.13. The highest BCUT2D eigenvalue weighted by molar-refractivity contribution is 6.03. The summed E-state index contributed by atoms with van der Waals surface area (Å²) in [6.45, 7) is -0.368. The van der Waals surface area contributed by atoms with E-state index in [9.17, 15) is 14.4 Å². The van der Waals surface area contributed by atoms with Crippen LogP contribution in [0.1, 0.15) is 26.3 Å². The largest absolute Gasteiger partial charge is 0.454 e. The first-order valence-corrected chi connectivity index (χ1v) is 9.74. The van der Waals surface area contributed by atoms with Gasteiger partial charge in [-0.15, -0.1) is 0 Å². The fourth-order valence-electron chi connectivity index (χ4n) is 3.62. The Bertz CT molecular complexity index is 1340. The molecule has 0 fully saturated rings. The molecule has 31 heavy (non-hydrogen) atoms. The van der Waals surface area contributed by atoms with Crippen LogP contribution in [0, 0.1) is 0 Å². The lowest BCUT2D eigenvalue weighted by Crippen LogP contribution is -2.14. The predicted molar refractivity (Wildman–Crippen MR) is 114 cm³/mol. The molecule has 1 aromatic heterocycles. The van der Waals surface area contributed by atoms with Crippen molar-refractivity contribution >= 4 is 34.4 Å². The van der Waals surface area contributed by atoms with Crippen molar-refractivity contribution in [2.24, 2.45) is 0 Å². The number of ketones is 1. The first-order valence-electron chi connectivity index (χ1n) is 9.74. The monoisotopic (exact) mass is 411 g/mol. The highest BCUT2D eigenvalue weighted by Gasteiger charge is 2.20. The number of imidazole rings is 1. The van der Waals surface area contributed by atoms with Crippen molar-refractivity contribution in [2.45, 2.75) is 6.42 Å². The normalized spacial score (nSPS) is 12.5. The summed E-state index contributed by atoms with van der Waals surface area (Å²) in [4.78, 5) is 40.6. The predicted octanol–water partition coefficient (Wildman–Crippen LogP) is 3.56. The van der Waals surface area contributed by atoms with Crippen LogP contribution in [0.3, 0.4) is 0 Å². The first kappa shape index (κ1) is 18.7. The number of anilines is 1. The van der Waals surface area contributed by atoms with Gasteiger partial charge in [-0.3, -0.25) is 14.2 Å². The van der Waals surface area contributed by atoms with E-state index in [1.165, 1.54) is 0 Å². The van der Waals surface area contributed by atoms with Crippen molar-refractivity contribution in [3.8, 4) is 5.69 Å². The average molecular weight is 411 g/mol. The number of carbonyl (C=O) groups excluding carboxylic acids is 3.